The van der Waals surface area contributed by atoms with Gasteiger partial charge in [-0.2, -0.15) is 11.8 Å². The van der Waals surface area contributed by atoms with Gasteiger partial charge in [0.15, 0.2) is 0 Å². The Balaban J connectivity index is 2.74. The quantitative estimate of drug-likeness (QED) is 0.775. The number of hydrogen-bond donors (Lipinski definition) is 1. The van der Waals surface area contributed by atoms with Crippen molar-refractivity contribution in [1.82, 2.24) is 20.3 Å². The summed E-state index contributed by atoms with van der Waals surface area (Å²) >= 11 is 1.83. The van der Waals surface area contributed by atoms with E-state index in [0.717, 1.165) is 18.7 Å². The number of aromatic nitrogens is 3. The fraction of sp³-hybridized carbons (Fsp3) is 0.778. The van der Waals surface area contributed by atoms with Gasteiger partial charge in [-0.1, -0.05) is 12.1 Å². The monoisotopic (exact) mass is 214 g/mol. The Labute approximate surface area is 89.5 Å². The maximum atomic E-state index is 4.07. The summed E-state index contributed by atoms with van der Waals surface area (Å²) in [6.45, 7) is 3.09. The number of aryl methyl sites for hydroxylation is 1. The van der Waals surface area contributed by atoms with Gasteiger partial charge in [0, 0.05) is 12.3 Å². The van der Waals surface area contributed by atoms with E-state index in [1.165, 1.54) is 5.69 Å². The first kappa shape index (κ1) is 11.5. The zero-order chi connectivity index (χ0) is 10.4. The molecule has 0 bridgehead atoms. The molecule has 0 saturated carbocycles. The highest BCUT2D eigenvalue weighted by Crippen LogP contribution is 2.15. The topological polar surface area (TPSA) is 42.7 Å². The van der Waals surface area contributed by atoms with Crippen LogP contribution in [0.4, 0.5) is 0 Å². The van der Waals surface area contributed by atoms with Crippen molar-refractivity contribution >= 4 is 11.8 Å². The molecule has 0 radical (unpaired) electrons. The van der Waals surface area contributed by atoms with Crippen LogP contribution >= 0.6 is 11.8 Å². The van der Waals surface area contributed by atoms with Crippen molar-refractivity contribution in [3.8, 4) is 0 Å². The molecular weight excluding hydrogens is 196 g/mol. The highest BCUT2D eigenvalue weighted by Gasteiger charge is 2.13. The maximum Gasteiger partial charge on any atom is 0.0764 e. The minimum Gasteiger partial charge on any atom is -0.311 e. The Morgan fingerprint density at radius 3 is 3.00 bits per heavy atom. The molecule has 0 saturated heterocycles. The number of nitrogens with zero attached hydrogens (tertiary/aromatic N) is 3. The zero-order valence-electron chi connectivity index (χ0n) is 9.03. The van der Waals surface area contributed by atoms with Crippen LogP contribution in [-0.4, -0.2) is 34.1 Å². The molecule has 14 heavy (non-hydrogen) atoms. The van der Waals surface area contributed by atoms with Crippen molar-refractivity contribution in [1.29, 1.82) is 0 Å². The molecule has 1 atom stereocenters. The second kappa shape index (κ2) is 6.03. The van der Waals surface area contributed by atoms with Gasteiger partial charge in [-0.3, -0.25) is 0 Å². The van der Waals surface area contributed by atoms with E-state index in [1.54, 1.807) is 0 Å². The molecule has 0 spiro atoms. The Morgan fingerprint density at radius 2 is 2.43 bits per heavy atom. The van der Waals surface area contributed by atoms with Crippen LogP contribution in [-0.2, 0) is 6.54 Å². The lowest BCUT2D eigenvalue weighted by Crippen LogP contribution is -2.22. The molecule has 1 rings (SSSR count). The summed E-state index contributed by atoms with van der Waals surface area (Å²) in [7, 11) is 1.98. The Hall–Kier alpha value is -0.550. The van der Waals surface area contributed by atoms with Crippen molar-refractivity contribution in [2.24, 2.45) is 0 Å². The summed E-state index contributed by atoms with van der Waals surface area (Å²) in [5, 5.41) is 11.3. The van der Waals surface area contributed by atoms with Gasteiger partial charge in [0.05, 0.1) is 17.9 Å². The highest BCUT2D eigenvalue weighted by atomic mass is 32.2. The lowest BCUT2D eigenvalue weighted by molar-refractivity contribution is 0.514. The number of rotatable bonds is 6. The molecule has 1 unspecified atom stereocenters. The third kappa shape index (κ3) is 2.72. The Kier molecular flexibility index (Phi) is 4.97. The molecule has 0 aliphatic rings. The average molecular weight is 214 g/mol. The molecular formula is C9H18N4S. The van der Waals surface area contributed by atoms with E-state index in [2.05, 4.69) is 28.8 Å². The third-order valence-electron chi connectivity index (χ3n) is 2.12. The van der Waals surface area contributed by atoms with E-state index >= 15 is 0 Å². The van der Waals surface area contributed by atoms with Crippen LogP contribution in [0.5, 0.6) is 0 Å². The van der Waals surface area contributed by atoms with Crippen LogP contribution < -0.4 is 5.32 Å². The van der Waals surface area contributed by atoms with Gasteiger partial charge in [0.2, 0.25) is 0 Å². The van der Waals surface area contributed by atoms with Crippen LogP contribution in [0.1, 0.15) is 25.1 Å². The lowest BCUT2D eigenvalue weighted by Gasteiger charge is -2.15. The average Bonchev–Trinajstić information content (AvgIpc) is 2.63. The smallest absolute Gasteiger partial charge is 0.0764 e. The predicted molar refractivity (Wildman–Crippen MR) is 60.5 cm³/mol. The van der Waals surface area contributed by atoms with Gasteiger partial charge >= 0.3 is 0 Å². The molecule has 0 aliphatic heterocycles. The molecule has 1 aromatic heterocycles. The van der Waals surface area contributed by atoms with Gasteiger partial charge in [-0.15, -0.1) is 5.10 Å². The largest absolute Gasteiger partial charge is 0.311 e. The number of nitrogens with one attached hydrogen (secondary N) is 1. The van der Waals surface area contributed by atoms with E-state index in [-0.39, 0.29) is 0 Å². The van der Waals surface area contributed by atoms with Crippen LogP contribution in [0.2, 0.25) is 0 Å². The van der Waals surface area contributed by atoms with Crippen molar-refractivity contribution in [2.45, 2.75) is 25.9 Å². The van der Waals surface area contributed by atoms with Crippen molar-refractivity contribution in [3.63, 3.8) is 0 Å². The maximum absolute atomic E-state index is 4.07. The van der Waals surface area contributed by atoms with E-state index in [9.17, 15) is 0 Å². The molecule has 0 aromatic carbocycles. The number of thioether (sulfide) groups is 1. The first-order valence-corrected chi connectivity index (χ1v) is 6.27. The standard InChI is InChI=1S/C9H18N4S/c1-4-5-13-9(6-11-12-13)8(10-2)7-14-3/h6,8,10H,4-5,7H2,1-3H3. The molecule has 1 aromatic rings. The van der Waals surface area contributed by atoms with Crippen LogP contribution in [0.25, 0.3) is 0 Å². The Morgan fingerprint density at radius 1 is 1.64 bits per heavy atom. The summed E-state index contributed by atoms with van der Waals surface area (Å²) in [4.78, 5) is 0. The summed E-state index contributed by atoms with van der Waals surface area (Å²) in [5.41, 5.74) is 1.18. The summed E-state index contributed by atoms with van der Waals surface area (Å²) in [5.74, 6) is 1.05. The van der Waals surface area contributed by atoms with E-state index in [4.69, 9.17) is 0 Å². The second-order valence-electron chi connectivity index (χ2n) is 3.18. The first-order chi connectivity index (χ1) is 6.83. The van der Waals surface area contributed by atoms with Crippen molar-refractivity contribution in [2.75, 3.05) is 19.1 Å². The fourth-order valence-corrected chi connectivity index (χ4v) is 2.08. The van der Waals surface area contributed by atoms with Gasteiger partial charge in [0.1, 0.15) is 0 Å². The number of hydrogen-bond acceptors (Lipinski definition) is 4. The zero-order valence-corrected chi connectivity index (χ0v) is 9.84. The normalized spacial score (nSPS) is 13.1. The van der Waals surface area contributed by atoms with Crippen molar-refractivity contribution < 1.29 is 0 Å². The fourth-order valence-electron chi connectivity index (χ4n) is 1.40. The van der Waals surface area contributed by atoms with E-state index in [0.29, 0.717) is 6.04 Å². The summed E-state index contributed by atoms with van der Waals surface area (Å²) < 4.78 is 1.98. The molecule has 5 heteroatoms. The molecule has 1 N–H and O–H groups in total. The van der Waals surface area contributed by atoms with Gasteiger partial charge in [-0.25, -0.2) is 4.68 Å². The molecule has 0 fully saturated rings. The van der Waals surface area contributed by atoms with Crippen molar-refractivity contribution in [3.05, 3.63) is 11.9 Å². The van der Waals surface area contributed by atoms with Crippen LogP contribution in [0.3, 0.4) is 0 Å². The van der Waals surface area contributed by atoms with Crippen LogP contribution in [0.15, 0.2) is 6.20 Å². The first-order valence-electron chi connectivity index (χ1n) is 4.88. The van der Waals surface area contributed by atoms with Gasteiger partial charge in [-0.05, 0) is 19.7 Å². The highest BCUT2D eigenvalue weighted by molar-refractivity contribution is 7.98. The summed E-state index contributed by atoms with van der Waals surface area (Å²) in [6, 6.07) is 0.353. The van der Waals surface area contributed by atoms with E-state index < -0.39 is 0 Å². The second-order valence-corrected chi connectivity index (χ2v) is 4.09. The Bertz CT molecular complexity index is 261. The third-order valence-corrected chi connectivity index (χ3v) is 2.79. The lowest BCUT2D eigenvalue weighted by atomic mass is 10.2. The molecule has 1 heterocycles. The predicted octanol–water partition coefficient (Wildman–Crippen LogP) is 1.31. The van der Waals surface area contributed by atoms with Crippen LogP contribution in [0, 0.1) is 0 Å². The molecule has 0 amide bonds. The molecule has 80 valence electrons. The molecule has 4 nitrogen and oxygen atoms in total. The van der Waals surface area contributed by atoms with Gasteiger partial charge in [0.25, 0.3) is 0 Å². The SMILES string of the molecule is CCCn1nncc1C(CSC)NC. The summed E-state index contributed by atoms with van der Waals surface area (Å²) in [6.07, 6.45) is 5.05. The van der Waals surface area contributed by atoms with E-state index in [1.807, 2.05) is 29.7 Å². The minimum absolute atomic E-state index is 0.353. The molecule has 0 aliphatic carbocycles. The van der Waals surface area contributed by atoms with Gasteiger partial charge < -0.3 is 5.32 Å². The minimum atomic E-state index is 0.353.